The molecule has 0 saturated heterocycles. The maximum absolute atomic E-state index is 13.2. The molecule has 3 aromatic rings. The van der Waals surface area contributed by atoms with Crippen LogP contribution in [0.25, 0.3) is 0 Å². The van der Waals surface area contributed by atoms with Gasteiger partial charge in [0.2, 0.25) is 10.0 Å². The summed E-state index contributed by atoms with van der Waals surface area (Å²) in [5.74, 6) is -1.18. The zero-order valence-corrected chi connectivity index (χ0v) is 17.2. The molecule has 0 spiro atoms. The van der Waals surface area contributed by atoms with E-state index < -0.39 is 21.7 Å². The van der Waals surface area contributed by atoms with Crippen LogP contribution in [-0.2, 0) is 23.1 Å². The molecule has 0 unspecified atom stereocenters. The van der Waals surface area contributed by atoms with E-state index in [0.717, 1.165) is 23.9 Å². The molecule has 2 aromatic heterocycles. The van der Waals surface area contributed by atoms with Gasteiger partial charge >= 0.3 is 0 Å². The largest absolute Gasteiger partial charge is 0.345 e. The summed E-state index contributed by atoms with van der Waals surface area (Å²) in [6.07, 6.45) is 5.66. The monoisotopic (exact) mass is 450 g/mol. The van der Waals surface area contributed by atoms with Crippen molar-refractivity contribution in [2.45, 2.75) is 24.9 Å². The number of amides is 1. The highest BCUT2D eigenvalue weighted by molar-refractivity contribution is 7.89. The van der Waals surface area contributed by atoms with Gasteiger partial charge in [-0.25, -0.2) is 22.5 Å². The van der Waals surface area contributed by atoms with Gasteiger partial charge in [0, 0.05) is 6.20 Å². The van der Waals surface area contributed by atoms with Gasteiger partial charge in [-0.3, -0.25) is 19.7 Å². The van der Waals surface area contributed by atoms with E-state index in [1.807, 2.05) is 0 Å². The second-order valence-electron chi connectivity index (χ2n) is 6.13. The molecule has 0 aliphatic carbocycles. The van der Waals surface area contributed by atoms with Crippen LogP contribution in [-0.4, -0.2) is 34.3 Å². The summed E-state index contributed by atoms with van der Waals surface area (Å²) in [7, 11) is -3.93. The van der Waals surface area contributed by atoms with E-state index in [1.54, 1.807) is 19.3 Å². The Bertz CT molecular complexity index is 1160. The fourth-order valence-electron chi connectivity index (χ4n) is 2.23. The Morgan fingerprint density at radius 1 is 1.03 bits per heavy atom. The summed E-state index contributed by atoms with van der Waals surface area (Å²) < 4.78 is 40.1. The molecular formula is C18H16ClFN6O3S. The van der Waals surface area contributed by atoms with Crippen molar-refractivity contribution in [1.29, 1.82) is 0 Å². The van der Waals surface area contributed by atoms with Crippen molar-refractivity contribution in [3.63, 3.8) is 0 Å². The van der Waals surface area contributed by atoms with E-state index in [4.69, 9.17) is 11.6 Å². The van der Waals surface area contributed by atoms with Crippen LogP contribution in [0.15, 0.2) is 47.9 Å². The molecular weight excluding hydrogens is 435 g/mol. The highest BCUT2D eigenvalue weighted by Crippen LogP contribution is 2.19. The summed E-state index contributed by atoms with van der Waals surface area (Å²) in [5.41, 5.74) is 1.71. The van der Waals surface area contributed by atoms with Gasteiger partial charge in [-0.2, -0.15) is 0 Å². The van der Waals surface area contributed by atoms with Crippen molar-refractivity contribution in [3.8, 4) is 0 Å². The van der Waals surface area contributed by atoms with Gasteiger partial charge in [0.15, 0.2) is 0 Å². The van der Waals surface area contributed by atoms with Crippen LogP contribution in [0.1, 0.15) is 27.6 Å². The zero-order chi connectivity index (χ0) is 21.7. The number of carbonyl (C=O) groups is 1. The molecule has 0 aliphatic heterocycles. The fraction of sp³-hybridized carbons (Fsp3) is 0.167. The lowest BCUT2D eigenvalue weighted by molar-refractivity contribution is 0.0945. The highest BCUT2D eigenvalue weighted by Gasteiger charge is 2.16. The van der Waals surface area contributed by atoms with Crippen LogP contribution >= 0.6 is 11.6 Å². The normalized spacial score (nSPS) is 11.3. The molecule has 2 heterocycles. The fourth-order valence-corrected chi connectivity index (χ4v) is 3.50. The minimum Gasteiger partial charge on any atom is -0.345 e. The first-order chi connectivity index (χ1) is 14.2. The SMILES string of the molecule is Cc1cnc(CNC(=O)c2cnc(CNS(=O)(=O)c3ccc(F)c(Cl)c3)cn2)cn1. The van der Waals surface area contributed by atoms with E-state index >= 15 is 0 Å². The number of carbonyl (C=O) groups excluding carboxylic acids is 1. The second kappa shape index (κ2) is 9.20. The number of sulfonamides is 1. The molecule has 156 valence electrons. The Morgan fingerprint density at radius 2 is 1.73 bits per heavy atom. The molecule has 12 heteroatoms. The van der Waals surface area contributed by atoms with E-state index in [2.05, 4.69) is 30.0 Å². The topological polar surface area (TPSA) is 127 Å². The maximum atomic E-state index is 13.2. The van der Waals surface area contributed by atoms with Crippen LogP contribution in [0, 0.1) is 12.7 Å². The van der Waals surface area contributed by atoms with Crippen molar-refractivity contribution >= 4 is 27.5 Å². The van der Waals surface area contributed by atoms with E-state index in [9.17, 15) is 17.6 Å². The summed E-state index contributed by atoms with van der Waals surface area (Å²) in [6.45, 7) is 1.81. The molecule has 0 atom stereocenters. The number of rotatable bonds is 7. The third kappa shape index (κ3) is 5.53. The number of hydrogen-bond donors (Lipinski definition) is 2. The Kier molecular flexibility index (Phi) is 6.65. The molecule has 3 rings (SSSR count). The molecule has 1 amide bonds. The number of aromatic nitrogens is 4. The Labute approximate surface area is 176 Å². The minimum atomic E-state index is -3.93. The lowest BCUT2D eigenvalue weighted by atomic mass is 10.3. The van der Waals surface area contributed by atoms with Gasteiger partial charge in [0.25, 0.3) is 5.91 Å². The number of nitrogens with zero attached hydrogens (tertiary/aromatic N) is 4. The van der Waals surface area contributed by atoms with Gasteiger partial charge in [0.1, 0.15) is 11.5 Å². The highest BCUT2D eigenvalue weighted by atomic mass is 35.5. The molecule has 1 aromatic carbocycles. The molecule has 0 aliphatic rings. The number of hydrogen-bond acceptors (Lipinski definition) is 7. The van der Waals surface area contributed by atoms with Gasteiger partial charge in [-0.15, -0.1) is 0 Å². The van der Waals surface area contributed by atoms with Gasteiger partial charge in [-0.1, -0.05) is 11.6 Å². The first kappa shape index (κ1) is 21.7. The Morgan fingerprint density at radius 3 is 2.37 bits per heavy atom. The van der Waals surface area contributed by atoms with Crippen molar-refractivity contribution in [3.05, 3.63) is 76.6 Å². The molecule has 9 nitrogen and oxygen atoms in total. The number of halogens is 2. The van der Waals surface area contributed by atoms with Crippen molar-refractivity contribution in [2.75, 3.05) is 0 Å². The third-order valence-corrected chi connectivity index (χ3v) is 5.54. The molecule has 0 fully saturated rings. The van der Waals surface area contributed by atoms with E-state index in [0.29, 0.717) is 5.69 Å². The summed E-state index contributed by atoms with van der Waals surface area (Å²) in [4.78, 5) is 28.2. The molecule has 0 radical (unpaired) electrons. The van der Waals surface area contributed by atoms with Crippen molar-refractivity contribution < 1.29 is 17.6 Å². The number of nitrogens with one attached hydrogen (secondary N) is 2. The Balaban J connectivity index is 1.57. The molecule has 0 bridgehead atoms. The van der Waals surface area contributed by atoms with Crippen LogP contribution in [0.4, 0.5) is 4.39 Å². The summed E-state index contributed by atoms with van der Waals surface area (Å²) in [6, 6.07) is 3.07. The quantitative estimate of drug-likeness (QED) is 0.561. The van der Waals surface area contributed by atoms with E-state index in [1.165, 1.54) is 12.4 Å². The maximum Gasteiger partial charge on any atom is 0.271 e. The van der Waals surface area contributed by atoms with E-state index in [-0.39, 0.29) is 34.4 Å². The number of aryl methyl sites for hydroxylation is 1. The smallest absolute Gasteiger partial charge is 0.271 e. The molecule has 0 saturated carbocycles. The van der Waals surface area contributed by atoms with Crippen LogP contribution in [0.5, 0.6) is 0 Å². The van der Waals surface area contributed by atoms with Gasteiger partial charge < -0.3 is 5.32 Å². The van der Waals surface area contributed by atoms with Crippen LogP contribution < -0.4 is 10.0 Å². The summed E-state index contributed by atoms with van der Waals surface area (Å²) >= 11 is 5.62. The van der Waals surface area contributed by atoms with Crippen molar-refractivity contribution in [2.24, 2.45) is 0 Å². The average molecular weight is 451 g/mol. The number of benzene rings is 1. The summed E-state index contributed by atoms with van der Waals surface area (Å²) in [5, 5.41) is 2.34. The minimum absolute atomic E-state index is 0.0620. The first-order valence-corrected chi connectivity index (χ1v) is 10.4. The molecule has 2 N–H and O–H groups in total. The predicted molar refractivity (Wildman–Crippen MR) is 105 cm³/mol. The zero-order valence-electron chi connectivity index (χ0n) is 15.6. The standard InChI is InChI=1S/C18H16ClFN6O3S/c1-11-5-22-12(6-21-11)8-25-18(27)17-10-23-13(7-24-17)9-26-30(28,29)14-2-3-16(20)15(19)4-14/h2-7,10,26H,8-9H2,1H3,(H,25,27). The molecule has 30 heavy (non-hydrogen) atoms. The third-order valence-electron chi connectivity index (χ3n) is 3.85. The second-order valence-corrected chi connectivity index (χ2v) is 8.30. The Hall–Kier alpha value is -3.02. The first-order valence-electron chi connectivity index (χ1n) is 8.56. The predicted octanol–water partition coefficient (Wildman–Crippen LogP) is 1.78. The van der Waals surface area contributed by atoms with Gasteiger partial charge in [0.05, 0.1) is 58.7 Å². The lowest BCUT2D eigenvalue weighted by Gasteiger charge is -2.08. The lowest BCUT2D eigenvalue weighted by Crippen LogP contribution is -2.26. The van der Waals surface area contributed by atoms with Crippen LogP contribution in [0.3, 0.4) is 0 Å². The van der Waals surface area contributed by atoms with Gasteiger partial charge in [-0.05, 0) is 25.1 Å². The average Bonchev–Trinajstić information content (AvgIpc) is 2.74. The van der Waals surface area contributed by atoms with Crippen molar-refractivity contribution in [1.82, 2.24) is 30.0 Å². The van der Waals surface area contributed by atoms with Crippen LogP contribution in [0.2, 0.25) is 5.02 Å².